The van der Waals surface area contributed by atoms with Gasteiger partial charge in [0.05, 0.1) is 29.9 Å². The van der Waals surface area contributed by atoms with E-state index >= 15 is 0 Å². The summed E-state index contributed by atoms with van der Waals surface area (Å²) in [5, 5.41) is 4.28. The third kappa shape index (κ3) is 4.28. The minimum Gasteiger partial charge on any atom is -0.497 e. The summed E-state index contributed by atoms with van der Waals surface area (Å²) in [6.45, 7) is 0.234. The van der Waals surface area contributed by atoms with Crippen molar-refractivity contribution in [2.24, 2.45) is 0 Å². The fourth-order valence-electron chi connectivity index (χ4n) is 3.99. The molecule has 2 amide bonds. The number of nitrogens with one attached hydrogen (secondary N) is 2. The number of aromatic nitrogens is 1. The SMILES string of the molecule is COc1ccc2cc(CN(C(=O)Nc3ccccc3Cl)C3CCCC3)c(=O)[nH]c2c1. The third-order valence-corrected chi connectivity index (χ3v) is 5.94. The molecule has 1 aliphatic rings. The molecule has 0 radical (unpaired) electrons. The summed E-state index contributed by atoms with van der Waals surface area (Å²) in [6.07, 6.45) is 4.01. The fraction of sp³-hybridized carbons (Fsp3) is 0.304. The van der Waals surface area contributed by atoms with Gasteiger partial charge in [0.1, 0.15) is 5.75 Å². The van der Waals surface area contributed by atoms with Crippen LogP contribution in [-0.4, -0.2) is 29.1 Å². The molecule has 1 fully saturated rings. The van der Waals surface area contributed by atoms with Crippen LogP contribution in [0.3, 0.4) is 0 Å². The number of rotatable bonds is 5. The monoisotopic (exact) mass is 425 g/mol. The quantitative estimate of drug-likeness (QED) is 0.592. The Labute approximate surface area is 179 Å². The van der Waals surface area contributed by atoms with Crippen molar-refractivity contribution in [3.8, 4) is 5.75 Å². The van der Waals surface area contributed by atoms with E-state index in [9.17, 15) is 9.59 Å². The molecule has 0 bridgehead atoms. The lowest BCUT2D eigenvalue weighted by atomic mass is 10.1. The van der Waals surface area contributed by atoms with Crippen molar-refractivity contribution < 1.29 is 9.53 Å². The van der Waals surface area contributed by atoms with Crippen molar-refractivity contribution in [2.45, 2.75) is 38.3 Å². The topological polar surface area (TPSA) is 74.4 Å². The molecule has 2 N–H and O–H groups in total. The minimum absolute atomic E-state index is 0.0958. The van der Waals surface area contributed by atoms with Crippen LogP contribution in [0.15, 0.2) is 53.3 Å². The van der Waals surface area contributed by atoms with Gasteiger partial charge in [-0.3, -0.25) is 4.79 Å². The number of halogens is 1. The zero-order chi connectivity index (χ0) is 21.1. The summed E-state index contributed by atoms with van der Waals surface area (Å²) >= 11 is 6.21. The van der Waals surface area contributed by atoms with Gasteiger partial charge in [0, 0.05) is 17.7 Å². The molecule has 1 aliphatic carbocycles. The van der Waals surface area contributed by atoms with E-state index in [0.717, 1.165) is 31.1 Å². The highest BCUT2D eigenvalue weighted by Gasteiger charge is 2.28. The number of nitrogens with zero attached hydrogens (tertiary/aromatic N) is 1. The van der Waals surface area contributed by atoms with Crippen LogP contribution in [0.25, 0.3) is 10.9 Å². The zero-order valence-electron chi connectivity index (χ0n) is 16.8. The molecule has 0 spiro atoms. The van der Waals surface area contributed by atoms with Gasteiger partial charge >= 0.3 is 6.03 Å². The van der Waals surface area contributed by atoms with Crippen LogP contribution >= 0.6 is 11.6 Å². The molecule has 6 nitrogen and oxygen atoms in total. The Bertz CT molecular complexity index is 1120. The number of fused-ring (bicyclic) bond motifs is 1. The molecule has 0 aliphatic heterocycles. The molecule has 4 rings (SSSR count). The van der Waals surface area contributed by atoms with Gasteiger partial charge in [-0.15, -0.1) is 0 Å². The smallest absolute Gasteiger partial charge is 0.322 e. The first-order chi connectivity index (χ1) is 14.5. The van der Waals surface area contributed by atoms with Gasteiger partial charge in [-0.2, -0.15) is 0 Å². The molecule has 0 atom stereocenters. The van der Waals surface area contributed by atoms with E-state index < -0.39 is 0 Å². The maximum Gasteiger partial charge on any atom is 0.322 e. The number of amides is 2. The highest BCUT2D eigenvalue weighted by molar-refractivity contribution is 6.33. The Kier molecular flexibility index (Phi) is 5.95. The molecular formula is C23H24ClN3O3. The standard InChI is InChI=1S/C23H24ClN3O3/c1-30-18-11-10-15-12-16(22(28)25-21(15)13-18)14-27(17-6-2-3-7-17)23(29)26-20-9-5-4-8-19(20)24/h4-5,8-13,17H,2-3,6-7,14H2,1H3,(H,25,28)(H,26,29). The number of H-pyrrole nitrogens is 1. The van der Waals surface area contributed by atoms with Gasteiger partial charge in [0.2, 0.25) is 0 Å². The number of anilines is 1. The van der Waals surface area contributed by atoms with Crippen LogP contribution < -0.4 is 15.6 Å². The van der Waals surface area contributed by atoms with Gasteiger partial charge in [0.25, 0.3) is 5.56 Å². The van der Waals surface area contributed by atoms with Crippen LogP contribution in [0.2, 0.25) is 5.02 Å². The summed E-state index contributed by atoms with van der Waals surface area (Å²) < 4.78 is 5.23. The van der Waals surface area contributed by atoms with Crippen molar-refractivity contribution in [3.05, 3.63) is 69.5 Å². The fourth-order valence-corrected chi connectivity index (χ4v) is 4.17. The molecule has 1 heterocycles. The van der Waals surface area contributed by atoms with E-state index in [-0.39, 0.29) is 24.2 Å². The van der Waals surface area contributed by atoms with Crippen LogP contribution in [0.1, 0.15) is 31.2 Å². The summed E-state index contributed by atoms with van der Waals surface area (Å²) in [5.74, 6) is 0.678. The predicted molar refractivity (Wildman–Crippen MR) is 119 cm³/mol. The van der Waals surface area contributed by atoms with Crippen LogP contribution in [0.4, 0.5) is 10.5 Å². The lowest BCUT2D eigenvalue weighted by molar-refractivity contribution is 0.184. The second kappa shape index (κ2) is 8.79. The van der Waals surface area contributed by atoms with E-state index in [2.05, 4.69) is 10.3 Å². The van der Waals surface area contributed by atoms with Gasteiger partial charge in [-0.1, -0.05) is 36.6 Å². The molecule has 30 heavy (non-hydrogen) atoms. The second-order valence-electron chi connectivity index (χ2n) is 7.55. The number of hydrogen-bond donors (Lipinski definition) is 2. The van der Waals surface area contributed by atoms with Crippen LogP contribution in [0, 0.1) is 0 Å². The van der Waals surface area contributed by atoms with Crippen molar-refractivity contribution in [3.63, 3.8) is 0 Å². The number of carbonyl (C=O) groups is 1. The number of pyridine rings is 1. The van der Waals surface area contributed by atoms with E-state index in [1.165, 1.54) is 0 Å². The van der Waals surface area contributed by atoms with Crippen LogP contribution in [-0.2, 0) is 6.54 Å². The maximum absolute atomic E-state index is 13.1. The number of carbonyl (C=O) groups excluding carboxylic acids is 1. The average molecular weight is 426 g/mol. The number of benzene rings is 2. The number of ether oxygens (including phenoxy) is 1. The first-order valence-corrected chi connectivity index (χ1v) is 10.4. The van der Waals surface area contributed by atoms with Crippen molar-refractivity contribution >= 4 is 34.2 Å². The summed E-state index contributed by atoms with van der Waals surface area (Å²) in [6, 6.07) is 14.4. The average Bonchev–Trinajstić information content (AvgIpc) is 3.27. The number of methoxy groups -OCH3 is 1. The Morgan fingerprint density at radius 2 is 1.97 bits per heavy atom. The molecule has 156 valence electrons. The minimum atomic E-state index is -0.246. The van der Waals surface area contributed by atoms with E-state index in [4.69, 9.17) is 16.3 Å². The van der Waals surface area contributed by atoms with E-state index in [1.54, 1.807) is 30.2 Å². The normalized spacial score (nSPS) is 14.1. The summed E-state index contributed by atoms with van der Waals surface area (Å²) in [4.78, 5) is 30.6. The summed E-state index contributed by atoms with van der Waals surface area (Å²) in [5.41, 5.74) is 1.61. The lowest BCUT2D eigenvalue weighted by Crippen LogP contribution is -2.42. The number of para-hydroxylation sites is 1. The second-order valence-corrected chi connectivity index (χ2v) is 7.96. The number of hydrogen-bond acceptors (Lipinski definition) is 3. The number of aromatic amines is 1. The summed E-state index contributed by atoms with van der Waals surface area (Å²) in [7, 11) is 1.59. The zero-order valence-corrected chi connectivity index (χ0v) is 17.5. The Morgan fingerprint density at radius 1 is 1.20 bits per heavy atom. The van der Waals surface area contributed by atoms with Gasteiger partial charge < -0.3 is 19.9 Å². The van der Waals surface area contributed by atoms with Gasteiger partial charge in [-0.25, -0.2) is 4.79 Å². The highest BCUT2D eigenvalue weighted by atomic mass is 35.5. The molecular weight excluding hydrogens is 402 g/mol. The molecule has 1 aromatic heterocycles. The van der Waals surface area contributed by atoms with Gasteiger partial charge in [-0.05, 0) is 48.6 Å². The Morgan fingerprint density at radius 3 is 2.70 bits per heavy atom. The lowest BCUT2D eigenvalue weighted by Gasteiger charge is -2.29. The predicted octanol–water partition coefficient (Wildman–Crippen LogP) is 5.17. The molecule has 0 saturated heterocycles. The van der Waals surface area contributed by atoms with Crippen molar-refractivity contribution in [2.75, 3.05) is 12.4 Å². The first-order valence-electron chi connectivity index (χ1n) is 10.1. The first kappa shape index (κ1) is 20.3. The molecule has 7 heteroatoms. The van der Waals surface area contributed by atoms with Gasteiger partial charge in [0.15, 0.2) is 0 Å². The molecule has 2 aromatic carbocycles. The highest BCUT2D eigenvalue weighted by Crippen LogP contribution is 2.27. The van der Waals surface area contributed by atoms with Crippen molar-refractivity contribution in [1.29, 1.82) is 0 Å². The maximum atomic E-state index is 13.1. The largest absolute Gasteiger partial charge is 0.497 e. The third-order valence-electron chi connectivity index (χ3n) is 5.61. The molecule has 3 aromatic rings. The van der Waals surface area contributed by atoms with E-state index in [0.29, 0.717) is 27.5 Å². The van der Waals surface area contributed by atoms with Crippen LogP contribution in [0.5, 0.6) is 5.75 Å². The van der Waals surface area contributed by atoms with E-state index in [1.807, 2.05) is 30.3 Å². The Hall–Kier alpha value is -2.99. The molecule has 0 unspecified atom stereocenters. The number of urea groups is 1. The molecule has 1 saturated carbocycles. The van der Waals surface area contributed by atoms with Crippen molar-refractivity contribution in [1.82, 2.24) is 9.88 Å². The Balaban J connectivity index is 1.63.